The lowest BCUT2D eigenvalue weighted by Gasteiger charge is -2.09. The molecule has 0 aliphatic carbocycles. The van der Waals surface area contributed by atoms with Gasteiger partial charge in [-0.2, -0.15) is 0 Å². The molecule has 0 saturated heterocycles. The van der Waals surface area contributed by atoms with Crippen molar-refractivity contribution in [3.8, 4) is 23.0 Å². The van der Waals surface area contributed by atoms with Crippen LogP contribution in [0.25, 0.3) is 22.0 Å². The molecule has 3 aromatic rings. The first-order chi connectivity index (χ1) is 13.5. The monoisotopic (exact) mass is 402 g/mol. The van der Waals surface area contributed by atoms with Crippen LogP contribution in [0.3, 0.4) is 0 Å². The van der Waals surface area contributed by atoms with Crippen LogP contribution < -0.4 is 19.8 Å². The number of benzene rings is 2. The van der Waals surface area contributed by atoms with Gasteiger partial charge in [-0.25, -0.2) is 4.98 Å². The van der Waals surface area contributed by atoms with Crippen LogP contribution in [0, 0.1) is 0 Å². The number of aromatic nitrogens is 2. The summed E-state index contributed by atoms with van der Waals surface area (Å²) in [6.45, 7) is 2.24. The SMILES string of the molecule is CCOc1cc(/C=C(/Cl)c2nc3cc(OC)c(OC)cc3c(=O)[nH]2)ccc1O. The number of phenols is 1. The first-order valence-electron chi connectivity index (χ1n) is 8.46. The molecule has 2 aromatic carbocycles. The predicted octanol–water partition coefficient (Wildman–Crippen LogP) is 3.78. The van der Waals surface area contributed by atoms with Crippen LogP contribution in [0.15, 0.2) is 35.1 Å². The highest BCUT2D eigenvalue weighted by Gasteiger charge is 2.12. The van der Waals surface area contributed by atoms with Gasteiger partial charge in [0.1, 0.15) is 0 Å². The highest BCUT2D eigenvalue weighted by molar-refractivity contribution is 6.50. The molecule has 28 heavy (non-hydrogen) atoms. The number of H-pyrrole nitrogens is 1. The number of aromatic hydroxyl groups is 1. The van der Waals surface area contributed by atoms with Crippen LogP contribution in [-0.2, 0) is 0 Å². The van der Waals surface area contributed by atoms with Crippen molar-refractivity contribution in [2.75, 3.05) is 20.8 Å². The molecule has 0 unspecified atom stereocenters. The van der Waals surface area contributed by atoms with E-state index in [9.17, 15) is 9.90 Å². The average molecular weight is 403 g/mol. The number of ether oxygens (including phenoxy) is 3. The van der Waals surface area contributed by atoms with Crippen molar-refractivity contribution in [2.45, 2.75) is 6.92 Å². The average Bonchev–Trinajstić information content (AvgIpc) is 2.69. The van der Waals surface area contributed by atoms with Crippen LogP contribution >= 0.6 is 11.6 Å². The minimum Gasteiger partial charge on any atom is -0.504 e. The summed E-state index contributed by atoms with van der Waals surface area (Å²) in [5.74, 6) is 1.48. The number of hydrogen-bond acceptors (Lipinski definition) is 6. The van der Waals surface area contributed by atoms with Gasteiger partial charge in [-0.1, -0.05) is 17.7 Å². The Bertz CT molecular complexity index is 1110. The fourth-order valence-corrected chi connectivity index (χ4v) is 2.90. The van der Waals surface area contributed by atoms with Gasteiger partial charge in [-0.3, -0.25) is 4.79 Å². The van der Waals surface area contributed by atoms with E-state index in [1.165, 1.54) is 20.3 Å². The summed E-state index contributed by atoms with van der Waals surface area (Å²) in [6, 6.07) is 8.01. The molecule has 8 heteroatoms. The molecule has 1 heterocycles. The zero-order chi connectivity index (χ0) is 20.3. The van der Waals surface area contributed by atoms with E-state index in [1.807, 2.05) is 6.92 Å². The Kier molecular flexibility index (Phi) is 5.75. The van der Waals surface area contributed by atoms with E-state index in [-0.39, 0.29) is 22.2 Å². The number of nitrogens with one attached hydrogen (secondary N) is 1. The van der Waals surface area contributed by atoms with Gasteiger partial charge in [0.15, 0.2) is 28.8 Å². The Hall–Kier alpha value is -3.19. The molecule has 146 valence electrons. The standard InChI is InChI=1S/C20H19ClN2O5/c1-4-28-16-8-11(5-6-15(16)24)7-13(21)19-22-14-10-18(27-3)17(26-2)9-12(14)20(25)23-19/h5-10,24H,4H2,1-3H3,(H,22,23,25)/b13-7+. The fraction of sp³-hybridized carbons (Fsp3) is 0.200. The first-order valence-corrected chi connectivity index (χ1v) is 8.84. The van der Waals surface area contributed by atoms with Crippen LogP contribution in [0.1, 0.15) is 18.3 Å². The molecule has 1 aromatic heterocycles. The minimum absolute atomic E-state index is 0.0356. The van der Waals surface area contributed by atoms with E-state index < -0.39 is 0 Å². The van der Waals surface area contributed by atoms with Gasteiger partial charge in [0.25, 0.3) is 5.56 Å². The van der Waals surface area contributed by atoms with Crippen molar-refractivity contribution in [3.63, 3.8) is 0 Å². The summed E-state index contributed by atoms with van der Waals surface area (Å²) in [6.07, 6.45) is 1.62. The maximum atomic E-state index is 12.5. The number of rotatable bonds is 6. The molecule has 0 atom stereocenters. The summed E-state index contributed by atoms with van der Waals surface area (Å²) in [4.78, 5) is 19.6. The predicted molar refractivity (Wildman–Crippen MR) is 108 cm³/mol. The normalized spacial score (nSPS) is 11.5. The molecule has 0 spiro atoms. The molecular formula is C20H19ClN2O5. The van der Waals surface area contributed by atoms with Crippen molar-refractivity contribution in [3.05, 3.63) is 52.1 Å². The van der Waals surface area contributed by atoms with Crippen LogP contribution in [-0.4, -0.2) is 35.9 Å². The van der Waals surface area contributed by atoms with Crippen LogP contribution in [0.2, 0.25) is 0 Å². The second-order valence-corrected chi connectivity index (χ2v) is 6.20. The number of nitrogens with zero attached hydrogens (tertiary/aromatic N) is 1. The topological polar surface area (TPSA) is 93.7 Å². The Labute approximate surface area is 166 Å². The molecule has 0 amide bonds. The second kappa shape index (κ2) is 8.22. The van der Waals surface area contributed by atoms with Gasteiger partial charge in [0, 0.05) is 6.07 Å². The van der Waals surface area contributed by atoms with Crippen LogP contribution in [0.5, 0.6) is 23.0 Å². The molecule has 0 bridgehead atoms. The number of aromatic amines is 1. The highest BCUT2D eigenvalue weighted by Crippen LogP contribution is 2.31. The van der Waals surface area contributed by atoms with Crippen molar-refractivity contribution in [1.82, 2.24) is 9.97 Å². The summed E-state index contributed by atoms with van der Waals surface area (Å²) in [7, 11) is 3.00. The molecule has 0 aliphatic rings. The van der Waals surface area contributed by atoms with Crippen molar-refractivity contribution in [2.24, 2.45) is 0 Å². The van der Waals surface area contributed by atoms with Gasteiger partial charge in [0.05, 0.1) is 36.8 Å². The van der Waals surface area contributed by atoms with Gasteiger partial charge < -0.3 is 24.3 Å². The molecule has 0 radical (unpaired) electrons. The summed E-state index contributed by atoms with van der Waals surface area (Å²) in [5, 5.41) is 10.4. The van der Waals surface area contributed by atoms with Gasteiger partial charge >= 0.3 is 0 Å². The smallest absolute Gasteiger partial charge is 0.259 e. The number of fused-ring (bicyclic) bond motifs is 1. The van der Waals surface area contributed by atoms with Crippen LogP contribution in [0.4, 0.5) is 0 Å². The van der Waals surface area contributed by atoms with E-state index in [1.54, 1.807) is 30.3 Å². The zero-order valence-electron chi connectivity index (χ0n) is 15.6. The Morgan fingerprint density at radius 2 is 1.89 bits per heavy atom. The van der Waals surface area contributed by atoms with E-state index in [0.29, 0.717) is 40.3 Å². The molecule has 0 fully saturated rings. The fourth-order valence-electron chi connectivity index (χ4n) is 2.69. The van der Waals surface area contributed by atoms with E-state index in [0.717, 1.165) is 0 Å². The second-order valence-electron chi connectivity index (χ2n) is 5.79. The quantitative estimate of drug-likeness (QED) is 0.651. The number of phenolic OH excluding ortho intramolecular Hbond substituents is 1. The van der Waals surface area contributed by atoms with Crippen molar-refractivity contribution in [1.29, 1.82) is 0 Å². The third-order valence-corrected chi connectivity index (χ3v) is 4.30. The first kappa shape index (κ1) is 19.6. The summed E-state index contributed by atoms with van der Waals surface area (Å²) < 4.78 is 15.9. The summed E-state index contributed by atoms with van der Waals surface area (Å²) in [5.41, 5.74) is 0.748. The van der Waals surface area contributed by atoms with E-state index >= 15 is 0 Å². The van der Waals surface area contributed by atoms with Gasteiger partial charge in [0.2, 0.25) is 0 Å². The molecule has 3 rings (SSSR count). The lowest BCUT2D eigenvalue weighted by atomic mass is 10.1. The Morgan fingerprint density at radius 3 is 2.57 bits per heavy atom. The summed E-state index contributed by atoms with van der Waals surface area (Å²) >= 11 is 6.38. The lowest BCUT2D eigenvalue weighted by molar-refractivity contribution is 0.318. The molecule has 0 saturated carbocycles. The third-order valence-electron chi connectivity index (χ3n) is 4.01. The molecular weight excluding hydrogens is 384 g/mol. The molecule has 7 nitrogen and oxygen atoms in total. The molecule has 0 aliphatic heterocycles. The molecule has 2 N–H and O–H groups in total. The Morgan fingerprint density at radius 1 is 1.18 bits per heavy atom. The third kappa shape index (κ3) is 3.89. The number of methoxy groups -OCH3 is 2. The van der Waals surface area contributed by atoms with E-state index in [4.69, 9.17) is 25.8 Å². The highest BCUT2D eigenvalue weighted by atomic mass is 35.5. The maximum Gasteiger partial charge on any atom is 0.259 e. The van der Waals surface area contributed by atoms with Gasteiger partial charge in [-0.15, -0.1) is 0 Å². The maximum absolute atomic E-state index is 12.5. The van der Waals surface area contributed by atoms with Crippen molar-refractivity contribution < 1.29 is 19.3 Å². The lowest BCUT2D eigenvalue weighted by Crippen LogP contribution is -2.11. The number of halogens is 1. The number of hydrogen-bond donors (Lipinski definition) is 2. The Balaban J connectivity index is 2.06. The minimum atomic E-state index is -0.354. The zero-order valence-corrected chi connectivity index (χ0v) is 16.3. The van der Waals surface area contributed by atoms with Crippen molar-refractivity contribution >= 4 is 33.6 Å². The van der Waals surface area contributed by atoms with Gasteiger partial charge in [-0.05, 0) is 36.8 Å². The largest absolute Gasteiger partial charge is 0.504 e. The van der Waals surface area contributed by atoms with E-state index in [2.05, 4.69) is 9.97 Å².